The summed E-state index contributed by atoms with van der Waals surface area (Å²) in [6.45, 7) is 0.857. The van der Waals surface area contributed by atoms with Crippen LogP contribution < -0.4 is 5.73 Å². The third-order valence-electron chi connectivity index (χ3n) is 2.97. The van der Waals surface area contributed by atoms with Gasteiger partial charge in [0.25, 0.3) is 0 Å². The molecule has 0 radical (unpaired) electrons. The number of hydrogen-bond acceptors (Lipinski definition) is 2. The Labute approximate surface area is 116 Å². The monoisotopic (exact) mass is 288 g/mol. The van der Waals surface area contributed by atoms with Crippen molar-refractivity contribution in [3.63, 3.8) is 0 Å². The van der Waals surface area contributed by atoms with Crippen LogP contribution >= 0.6 is 0 Å². The summed E-state index contributed by atoms with van der Waals surface area (Å²) in [5, 5.41) is 0. The number of unbranched alkanes of at least 4 members (excludes halogenated alkanes) is 1. The summed E-state index contributed by atoms with van der Waals surface area (Å²) in [7, 11) is 1.64. The van der Waals surface area contributed by atoms with E-state index in [4.69, 9.17) is 5.73 Å². The van der Waals surface area contributed by atoms with Crippen molar-refractivity contribution in [2.75, 3.05) is 13.6 Å². The van der Waals surface area contributed by atoms with E-state index in [9.17, 15) is 18.0 Å². The Morgan fingerprint density at radius 2 is 1.80 bits per heavy atom. The lowest BCUT2D eigenvalue weighted by atomic mass is 10.1. The van der Waals surface area contributed by atoms with E-state index in [1.165, 1.54) is 17.0 Å². The molecule has 0 saturated heterocycles. The quantitative estimate of drug-likeness (QED) is 0.818. The van der Waals surface area contributed by atoms with E-state index in [0.29, 0.717) is 25.1 Å². The minimum atomic E-state index is -4.33. The number of amides is 1. The lowest BCUT2D eigenvalue weighted by molar-refractivity contribution is -0.137. The average Bonchev–Trinajstić information content (AvgIpc) is 2.38. The molecular weight excluding hydrogens is 269 g/mol. The molecule has 0 aliphatic heterocycles. The molecule has 2 N–H and O–H groups in total. The third kappa shape index (κ3) is 5.21. The molecule has 0 unspecified atom stereocenters. The van der Waals surface area contributed by atoms with E-state index >= 15 is 0 Å². The molecule has 1 amide bonds. The van der Waals surface area contributed by atoms with Gasteiger partial charge in [-0.05, 0) is 37.1 Å². The van der Waals surface area contributed by atoms with Crippen LogP contribution in [0.5, 0.6) is 0 Å². The van der Waals surface area contributed by atoms with Gasteiger partial charge in [-0.2, -0.15) is 13.2 Å². The number of benzene rings is 1. The highest BCUT2D eigenvalue weighted by Crippen LogP contribution is 2.29. The van der Waals surface area contributed by atoms with Crippen LogP contribution in [0.1, 0.15) is 30.4 Å². The van der Waals surface area contributed by atoms with Crippen molar-refractivity contribution in [1.29, 1.82) is 0 Å². The molecule has 3 nitrogen and oxygen atoms in total. The molecule has 0 fully saturated rings. The zero-order chi connectivity index (χ0) is 15.2. The van der Waals surface area contributed by atoms with Crippen molar-refractivity contribution in [2.45, 2.75) is 32.0 Å². The second-order valence-electron chi connectivity index (χ2n) is 4.69. The van der Waals surface area contributed by atoms with Gasteiger partial charge < -0.3 is 10.6 Å². The average molecular weight is 288 g/mol. The number of nitrogens with two attached hydrogens (primary N) is 1. The molecule has 6 heteroatoms. The van der Waals surface area contributed by atoms with Crippen LogP contribution in [0.3, 0.4) is 0 Å². The molecule has 1 aromatic carbocycles. The summed E-state index contributed by atoms with van der Waals surface area (Å²) < 4.78 is 37.2. The summed E-state index contributed by atoms with van der Waals surface area (Å²) in [6.07, 6.45) is -2.40. The number of carbonyl (C=O) groups is 1. The summed E-state index contributed by atoms with van der Waals surface area (Å²) in [5.74, 6) is -0.0293. The van der Waals surface area contributed by atoms with Crippen molar-refractivity contribution in [3.8, 4) is 0 Å². The maximum absolute atomic E-state index is 12.4. The second-order valence-corrected chi connectivity index (χ2v) is 4.69. The molecule has 0 aliphatic rings. The van der Waals surface area contributed by atoms with Crippen LogP contribution in [0, 0.1) is 0 Å². The van der Waals surface area contributed by atoms with E-state index in [1.807, 2.05) is 0 Å². The Morgan fingerprint density at radius 3 is 2.30 bits per heavy atom. The number of alkyl halides is 3. The van der Waals surface area contributed by atoms with Crippen LogP contribution in [-0.2, 0) is 17.5 Å². The summed E-state index contributed by atoms with van der Waals surface area (Å²) in [5.41, 5.74) is 5.34. The highest BCUT2D eigenvalue weighted by molar-refractivity contribution is 5.75. The van der Waals surface area contributed by atoms with Crippen LogP contribution in [0.25, 0.3) is 0 Å². The lowest BCUT2D eigenvalue weighted by Gasteiger charge is -2.17. The first-order valence-electron chi connectivity index (χ1n) is 6.44. The van der Waals surface area contributed by atoms with E-state index in [-0.39, 0.29) is 5.91 Å². The molecule has 1 rings (SSSR count). The third-order valence-corrected chi connectivity index (χ3v) is 2.97. The predicted octanol–water partition coefficient (Wildman–Crippen LogP) is 2.79. The second kappa shape index (κ2) is 7.28. The lowest BCUT2D eigenvalue weighted by Crippen LogP contribution is -2.26. The molecule has 0 aliphatic carbocycles. The van der Waals surface area contributed by atoms with Gasteiger partial charge in [0, 0.05) is 20.0 Å². The normalized spacial score (nSPS) is 11.4. The fourth-order valence-electron chi connectivity index (χ4n) is 1.77. The summed E-state index contributed by atoms with van der Waals surface area (Å²) in [4.78, 5) is 13.3. The van der Waals surface area contributed by atoms with Crippen molar-refractivity contribution < 1.29 is 18.0 Å². The van der Waals surface area contributed by atoms with E-state index in [2.05, 4.69) is 0 Å². The molecule has 0 aromatic heterocycles. The Kier molecular flexibility index (Phi) is 6.01. The topological polar surface area (TPSA) is 46.3 Å². The van der Waals surface area contributed by atoms with Crippen molar-refractivity contribution >= 4 is 5.91 Å². The van der Waals surface area contributed by atoms with Gasteiger partial charge >= 0.3 is 6.18 Å². The SMILES string of the molecule is CN(Cc1ccc(C(F)(F)F)cc1)C(=O)CCCCN. The van der Waals surface area contributed by atoms with Crippen LogP contribution in [0.15, 0.2) is 24.3 Å². The maximum Gasteiger partial charge on any atom is 0.416 e. The first-order valence-corrected chi connectivity index (χ1v) is 6.44. The van der Waals surface area contributed by atoms with E-state index < -0.39 is 11.7 Å². The zero-order valence-electron chi connectivity index (χ0n) is 11.4. The van der Waals surface area contributed by atoms with Crippen molar-refractivity contribution in [1.82, 2.24) is 4.90 Å². The molecule has 20 heavy (non-hydrogen) atoms. The largest absolute Gasteiger partial charge is 0.416 e. The highest BCUT2D eigenvalue weighted by atomic mass is 19.4. The molecular formula is C14H19F3N2O. The van der Waals surface area contributed by atoms with Gasteiger partial charge in [-0.3, -0.25) is 4.79 Å². The number of hydrogen-bond donors (Lipinski definition) is 1. The fourth-order valence-corrected chi connectivity index (χ4v) is 1.77. The molecule has 0 bridgehead atoms. The van der Waals surface area contributed by atoms with Gasteiger partial charge in [-0.25, -0.2) is 0 Å². The van der Waals surface area contributed by atoms with Gasteiger partial charge in [0.2, 0.25) is 5.91 Å². The fraction of sp³-hybridized carbons (Fsp3) is 0.500. The standard InChI is InChI=1S/C14H19F3N2O/c1-19(13(20)4-2-3-9-18)10-11-5-7-12(8-6-11)14(15,16)17/h5-8H,2-4,9-10,18H2,1H3. The van der Waals surface area contributed by atoms with Gasteiger partial charge in [0.05, 0.1) is 5.56 Å². The van der Waals surface area contributed by atoms with Crippen LogP contribution in [-0.4, -0.2) is 24.4 Å². The van der Waals surface area contributed by atoms with Gasteiger partial charge in [-0.15, -0.1) is 0 Å². The number of halogens is 3. The predicted molar refractivity (Wildman–Crippen MR) is 70.8 cm³/mol. The molecule has 0 heterocycles. The Bertz CT molecular complexity index is 429. The van der Waals surface area contributed by atoms with E-state index in [0.717, 1.165) is 25.0 Å². The molecule has 112 valence electrons. The summed E-state index contributed by atoms with van der Waals surface area (Å²) in [6, 6.07) is 4.85. The molecule has 0 saturated carbocycles. The highest BCUT2D eigenvalue weighted by Gasteiger charge is 2.29. The first-order chi connectivity index (χ1) is 9.34. The number of carbonyl (C=O) groups excluding carboxylic acids is 1. The Hall–Kier alpha value is -1.56. The minimum absolute atomic E-state index is 0.0293. The smallest absolute Gasteiger partial charge is 0.341 e. The zero-order valence-corrected chi connectivity index (χ0v) is 11.4. The number of rotatable bonds is 6. The van der Waals surface area contributed by atoms with Crippen LogP contribution in [0.4, 0.5) is 13.2 Å². The molecule has 0 spiro atoms. The van der Waals surface area contributed by atoms with Gasteiger partial charge in [0.1, 0.15) is 0 Å². The van der Waals surface area contributed by atoms with E-state index in [1.54, 1.807) is 7.05 Å². The number of nitrogens with zero attached hydrogens (tertiary/aromatic N) is 1. The molecule has 1 aromatic rings. The van der Waals surface area contributed by atoms with Crippen molar-refractivity contribution in [3.05, 3.63) is 35.4 Å². The molecule has 0 atom stereocenters. The Morgan fingerprint density at radius 1 is 1.20 bits per heavy atom. The summed E-state index contributed by atoms with van der Waals surface area (Å²) >= 11 is 0. The minimum Gasteiger partial charge on any atom is -0.341 e. The van der Waals surface area contributed by atoms with Crippen molar-refractivity contribution in [2.24, 2.45) is 5.73 Å². The first kappa shape index (κ1) is 16.5. The Balaban J connectivity index is 2.53. The van der Waals surface area contributed by atoms with Crippen LogP contribution in [0.2, 0.25) is 0 Å². The van der Waals surface area contributed by atoms with Gasteiger partial charge in [-0.1, -0.05) is 12.1 Å². The van der Waals surface area contributed by atoms with Gasteiger partial charge in [0.15, 0.2) is 0 Å². The maximum atomic E-state index is 12.4.